The summed E-state index contributed by atoms with van der Waals surface area (Å²) in [5.41, 5.74) is 7.23. The second kappa shape index (κ2) is 7.81. The molecule has 116 valence electrons. The molecule has 2 unspecified atom stereocenters. The lowest BCUT2D eigenvalue weighted by Crippen LogP contribution is -2.38. The Morgan fingerprint density at radius 3 is 2.81 bits per heavy atom. The molecule has 2 rings (SSSR count). The van der Waals surface area contributed by atoms with Crippen molar-refractivity contribution < 1.29 is 4.79 Å². The molecule has 1 saturated carbocycles. The first-order valence-electron chi connectivity index (χ1n) is 7.88. The van der Waals surface area contributed by atoms with Gasteiger partial charge in [-0.2, -0.15) is 0 Å². The fourth-order valence-corrected chi connectivity index (χ4v) is 3.29. The fourth-order valence-electron chi connectivity index (χ4n) is 3.08. The minimum Gasteiger partial charge on any atom is -0.339 e. The Labute approximate surface area is 132 Å². The van der Waals surface area contributed by atoms with Crippen LogP contribution in [-0.4, -0.2) is 23.4 Å². The number of hydrogen-bond acceptors (Lipinski definition) is 2. The van der Waals surface area contributed by atoms with E-state index in [1.165, 1.54) is 12.8 Å². The van der Waals surface area contributed by atoms with E-state index in [2.05, 4.69) is 0 Å². The lowest BCUT2D eigenvalue weighted by Gasteiger charge is -2.30. The van der Waals surface area contributed by atoms with Crippen LogP contribution >= 0.6 is 11.6 Å². The van der Waals surface area contributed by atoms with E-state index in [4.69, 9.17) is 17.3 Å². The molecule has 21 heavy (non-hydrogen) atoms. The Balaban J connectivity index is 1.95. The first-order chi connectivity index (χ1) is 10.1. The number of halogens is 1. The zero-order valence-corrected chi connectivity index (χ0v) is 13.5. The van der Waals surface area contributed by atoms with E-state index < -0.39 is 0 Å². The maximum Gasteiger partial charge on any atom is 0.223 e. The van der Waals surface area contributed by atoms with Crippen molar-refractivity contribution >= 4 is 17.5 Å². The first kappa shape index (κ1) is 16.3. The maximum atomic E-state index is 12.5. The Bertz CT molecular complexity index is 478. The molecule has 1 aliphatic carbocycles. The normalized spacial score (nSPS) is 22.0. The molecule has 0 aliphatic heterocycles. The molecule has 0 aromatic heterocycles. The number of nitrogens with two attached hydrogens (primary N) is 1. The van der Waals surface area contributed by atoms with Crippen LogP contribution in [0.15, 0.2) is 24.3 Å². The molecule has 1 fully saturated rings. The monoisotopic (exact) mass is 308 g/mol. The Kier molecular flexibility index (Phi) is 6.07. The third-order valence-electron chi connectivity index (χ3n) is 4.40. The quantitative estimate of drug-likeness (QED) is 0.903. The molecule has 0 radical (unpaired) electrons. The van der Waals surface area contributed by atoms with Crippen LogP contribution in [0.25, 0.3) is 0 Å². The van der Waals surface area contributed by atoms with Gasteiger partial charge in [-0.1, -0.05) is 36.6 Å². The van der Waals surface area contributed by atoms with Gasteiger partial charge in [0.25, 0.3) is 0 Å². The van der Waals surface area contributed by atoms with Gasteiger partial charge in [-0.15, -0.1) is 0 Å². The largest absolute Gasteiger partial charge is 0.339 e. The van der Waals surface area contributed by atoms with Crippen molar-refractivity contribution in [2.45, 2.75) is 51.6 Å². The second-order valence-corrected chi connectivity index (χ2v) is 6.39. The molecule has 1 aliphatic rings. The van der Waals surface area contributed by atoms with Crippen molar-refractivity contribution in [3.05, 3.63) is 34.9 Å². The van der Waals surface area contributed by atoms with Gasteiger partial charge < -0.3 is 10.6 Å². The van der Waals surface area contributed by atoms with E-state index in [1.807, 2.05) is 36.1 Å². The SMILES string of the molecule is CCN(Cc1cccc(Cl)c1)C(=O)CC1CCCCC1N. The molecule has 0 spiro atoms. The first-order valence-corrected chi connectivity index (χ1v) is 8.25. The van der Waals surface area contributed by atoms with E-state index in [1.54, 1.807) is 0 Å². The van der Waals surface area contributed by atoms with E-state index in [0.29, 0.717) is 30.5 Å². The minimum absolute atomic E-state index is 0.188. The number of benzene rings is 1. The Hall–Kier alpha value is -1.06. The molecule has 0 saturated heterocycles. The van der Waals surface area contributed by atoms with E-state index in [9.17, 15) is 4.79 Å². The molecule has 4 heteroatoms. The summed E-state index contributed by atoms with van der Waals surface area (Å²) in [4.78, 5) is 14.4. The van der Waals surface area contributed by atoms with Crippen molar-refractivity contribution in [3.8, 4) is 0 Å². The van der Waals surface area contributed by atoms with Crippen LogP contribution in [0.3, 0.4) is 0 Å². The zero-order valence-electron chi connectivity index (χ0n) is 12.7. The molecule has 1 aromatic rings. The maximum absolute atomic E-state index is 12.5. The molecular formula is C17H25ClN2O. The van der Waals surface area contributed by atoms with Gasteiger partial charge in [-0.3, -0.25) is 4.79 Å². The summed E-state index contributed by atoms with van der Waals surface area (Å²) in [6, 6.07) is 7.89. The molecular weight excluding hydrogens is 284 g/mol. The lowest BCUT2D eigenvalue weighted by atomic mass is 9.82. The molecule has 1 aromatic carbocycles. The van der Waals surface area contributed by atoms with Crippen LogP contribution in [0.4, 0.5) is 0 Å². The number of amides is 1. The van der Waals surface area contributed by atoms with Crippen LogP contribution in [0.2, 0.25) is 5.02 Å². The van der Waals surface area contributed by atoms with Crippen LogP contribution in [0, 0.1) is 5.92 Å². The molecule has 3 nitrogen and oxygen atoms in total. The average Bonchev–Trinajstić information content (AvgIpc) is 2.47. The summed E-state index contributed by atoms with van der Waals surface area (Å²) in [6.45, 7) is 3.36. The van der Waals surface area contributed by atoms with E-state index in [0.717, 1.165) is 18.4 Å². The summed E-state index contributed by atoms with van der Waals surface area (Å²) < 4.78 is 0. The van der Waals surface area contributed by atoms with Gasteiger partial charge in [0.2, 0.25) is 5.91 Å². The van der Waals surface area contributed by atoms with Crippen molar-refractivity contribution in [3.63, 3.8) is 0 Å². The van der Waals surface area contributed by atoms with Gasteiger partial charge in [-0.05, 0) is 43.4 Å². The minimum atomic E-state index is 0.188. The van der Waals surface area contributed by atoms with Gasteiger partial charge in [-0.25, -0.2) is 0 Å². The summed E-state index contributed by atoms with van der Waals surface area (Å²) in [7, 11) is 0. The highest BCUT2D eigenvalue weighted by molar-refractivity contribution is 6.30. The predicted molar refractivity (Wildman–Crippen MR) is 87.1 cm³/mol. The van der Waals surface area contributed by atoms with Crippen LogP contribution in [0.1, 0.15) is 44.6 Å². The van der Waals surface area contributed by atoms with Gasteiger partial charge in [0.15, 0.2) is 0 Å². The molecule has 0 bridgehead atoms. The zero-order chi connectivity index (χ0) is 15.2. The van der Waals surface area contributed by atoms with Crippen LogP contribution < -0.4 is 5.73 Å². The van der Waals surface area contributed by atoms with Gasteiger partial charge in [0.05, 0.1) is 0 Å². The highest BCUT2D eigenvalue weighted by Crippen LogP contribution is 2.26. The number of carbonyl (C=O) groups is 1. The van der Waals surface area contributed by atoms with E-state index >= 15 is 0 Å². The number of rotatable bonds is 5. The van der Waals surface area contributed by atoms with Crippen molar-refractivity contribution in [1.82, 2.24) is 4.90 Å². The van der Waals surface area contributed by atoms with E-state index in [-0.39, 0.29) is 11.9 Å². The third-order valence-corrected chi connectivity index (χ3v) is 4.64. The Morgan fingerprint density at radius 1 is 1.38 bits per heavy atom. The van der Waals surface area contributed by atoms with Crippen molar-refractivity contribution in [2.75, 3.05) is 6.54 Å². The summed E-state index contributed by atoms with van der Waals surface area (Å²) in [5.74, 6) is 0.555. The summed E-state index contributed by atoms with van der Waals surface area (Å²) in [6.07, 6.45) is 5.12. The molecule has 2 N–H and O–H groups in total. The highest BCUT2D eigenvalue weighted by Gasteiger charge is 2.26. The fraction of sp³-hybridized carbons (Fsp3) is 0.588. The van der Waals surface area contributed by atoms with Crippen LogP contribution in [0.5, 0.6) is 0 Å². The topological polar surface area (TPSA) is 46.3 Å². The lowest BCUT2D eigenvalue weighted by molar-refractivity contribution is -0.133. The average molecular weight is 309 g/mol. The summed E-state index contributed by atoms with van der Waals surface area (Å²) >= 11 is 6.01. The smallest absolute Gasteiger partial charge is 0.223 e. The predicted octanol–water partition coefficient (Wildman–Crippen LogP) is 3.60. The number of hydrogen-bond donors (Lipinski definition) is 1. The highest BCUT2D eigenvalue weighted by atomic mass is 35.5. The summed E-state index contributed by atoms with van der Waals surface area (Å²) in [5, 5.41) is 0.713. The number of nitrogens with zero attached hydrogens (tertiary/aromatic N) is 1. The Morgan fingerprint density at radius 2 is 2.14 bits per heavy atom. The van der Waals surface area contributed by atoms with Crippen LogP contribution in [-0.2, 0) is 11.3 Å². The molecule has 0 heterocycles. The second-order valence-electron chi connectivity index (χ2n) is 5.95. The third kappa shape index (κ3) is 4.72. The van der Waals surface area contributed by atoms with Gasteiger partial charge in [0, 0.05) is 30.6 Å². The van der Waals surface area contributed by atoms with Crippen molar-refractivity contribution in [1.29, 1.82) is 0 Å². The standard InChI is InChI=1S/C17H25ClN2O/c1-2-20(12-13-6-5-8-15(18)10-13)17(21)11-14-7-3-4-9-16(14)19/h5-6,8,10,14,16H,2-4,7,9,11-12,19H2,1H3. The molecule has 1 amide bonds. The number of carbonyl (C=O) groups excluding carboxylic acids is 1. The van der Waals surface area contributed by atoms with Gasteiger partial charge >= 0.3 is 0 Å². The molecule has 2 atom stereocenters. The van der Waals surface area contributed by atoms with Crippen molar-refractivity contribution in [2.24, 2.45) is 11.7 Å². The van der Waals surface area contributed by atoms with Gasteiger partial charge in [0.1, 0.15) is 0 Å².